The van der Waals surface area contributed by atoms with E-state index >= 15 is 0 Å². The van der Waals surface area contributed by atoms with E-state index in [9.17, 15) is 0 Å². The Bertz CT molecular complexity index is 543. The van der Waals surface area contributed by atoms with Crippen molar-refractivity contribution in [3.05, 3.63) is 41.1 Å². The summed E-state index contributed by atoms with van der Waals surface area (Å²) in [5, 5.41) is 7.76. The molecular formula is C14H20N4. The summed E-state index contributed by atoms with van der Waals surface area (Å²) in [7, 11) is 0. The van der Waals surface area contributed by atoms with E-state index in [1.54, 1.807) is 0 Å². The molecule has 0 fully saturated rings. The Morgan fingerprint density at radius 1 is 1.33 bits per heavy atom. The smallest absolute Gasteiger partial charge is 0.148 e. The van der Waals surface area contributed by atoms with Gasteiger partial charge in [-0.05, 0) is 26.3 Å². The van der Waals surface area contributed by atoms with Crippen molar-refractivity contribution in [3.8, 4) is 0 Å². The standard InChI is InChI=1S/C14H20N4/c1-4-18-14(13(15)11(3)17-18)16-9-12-7-5-6-10(2)8-12/h5-8,16H,4,9,15H2,1-3H3. The molecule has 4 nitrogen and oxygen atoms in total. The van der Waals surface area contributed by atoms with E-state index in [2.05, 4.69) is 48.5 Å². The van der Waals surface area contributed by atoms with Crippen molar-refractivity contribution in [2.75, 3.05) is 11.1 Å². The highest BCUT2D eigenvalue weighted by Gasteiger charge is 2.10. The first-order valence-corrected chi connectivity index (χ1v) is 6.24. The molecule has 3 N–H and O–H groups in total. The minimum absolute atomic E-state index is 0.740. The van der Waals surface area contributed by atoms with Crippen molar-refractivity contribution in [1.29, 1.82) is 0 Å². The molecule has 0 saturated heterocycles. The number of anilines is 2. The van der Waals surface area contributed by atoms with Gasteiger partial charge in [-0.15, -0.1) is 0 Å². The second kappa shape index (κ2) is 5.12. The lowest BCUT2D eigenvalue weighted by Gasteiger charge is -2.09. The third kappa shape index (κ3) is 2.47. The van der Waals surface area contributed by atoms with Crippen LogP contribution in [0.3, 0.4) is 0 Å². The van der Waals surface area contributed by atoms with E-state index in [1.807, 2.05) is 11.6 Å². The van der Waals surface area contributed by atoms with Crippen molar-refractivity contribution < 1.29 is 0 Å². The monoisotopic (exact) mass is 244 g/mol. The van der Waals surface area contributed by atoms with Crippen LogP contribution in [0.2, 0.25) is 0 Å². The fourth-order valence-corrected chi connectivity index (χ4v) is 2.02. The van der Waals surface area contributed by atoms with Gasteiger partial charge >= 0.3 is 0 Å². The summed E-state index contributed by atoms with van der Waals surface area (Å²) < 4.78 is 1.90. The van der Waals surface area contributed by atoms with Crippen LogP contribution in [0.1, 0.15) is 23.7 Å². The zero-order valence-electron chi connectivity index (χ0n) is 11.2. The summed E-state index contributed by atoms with van der Waals surface area (Å²) in [5.74, 6) is 0.913. The molecule has 0 aliphatic rings. The van der Waals surface area contributed by atoms with Gasteiger partial charge in [0.15, 0.2) is 0 Å². The van der Waals surface area contributed by atoms with E-state index in [-0.39, 0.29) is 0 Å². The Morgan fingerprint density at radius 2 is 2.11 bits per heavy atom. The van der Waals surface area contributed by atoms with Gasteiger partial charge in [0.1, 0.15) is 5.82 Å². The maximum Gasteiger partial charge on any atom is 0.148 e. The molecule has 2 rings (SSSR count). The topological polar surface area (TPSA) is 55.9 Å². The quantitative estimate of drug-likeness (QED) is 0.869. The minimum Gasteiger partial charge on any atom is -0.394 e. The molecule has 0 bridgehead atoms. The van der Waals surface area contributed by atoms with Crippen molar-refractivity contribution in [2.45, 2.75) is 33.9 Å². The number of nitrogens with zero attached hydrogens (tertiary/aromatic N) is 2. The number of nitrogens with two attached hydrogens (primary N) is 1. The van der Waals surface area contributed by atoms with E-state index in [0.29, 0.717) is 0 Å². The number of nitrogen functional groups attached to an aromatic ring is 1. The largest absolute Gasteiger partial charge is 0.394 e. The average molecular weight is 244 g/mol. The predicted molar refractivity (Wildman–Crippen MR) is 75.6 cm³/mol. The van der Waals surface area contributed by atoms with Crippen LogP contribution in [-0.2, 0) is 13.1 Å². The molecule has 0 amide bonds. The van der Waals surface area contributed by atoms with Crippen LogP contribution in [0.5, 0.6) is 0 Å². The SMILES string of the molecule is CCn1nc(C)c(N)c1NCc1cccc(C)c1. The number of aryl methyl sites for hydroxylation is 3. The summed E-state index contributed by atoms with van der Waals surface area (Å²) in [4.78, 5) is 0. The Kier molecular flexibility index (Phi) is 3.55. The van der Waals surface area contributed by atoms with Gasteiger partial charge in [0.05, 0.1) is 11.4 Å². The van der Waals surface area contributed by atoms with Gasteiger partial charge in [-0.3, -0.25) is 0 Å². The van der Waals surface area contributed by atoms with Gasteiger partial charge in [-0.1, -0.05) is 29.8 Å². The number of nitrogens with one attached hydrogen (secondary N) is 1. The molecule has 0 unspecified atom stereocenters. The summed E-state index contributed by atoms with van der Waals surface area (Å²) in [6.07, 6.45) is 0. The van der Waals surface area contributed by atoms with Gasteiger partial charge in [0.25, 0.3) is 0 Å². The van der Waals surface area contributed by atoms with Crippen molar-refractivity contribution >= 4 is 11.5 Å². The molecule has 0 saturated carbocycles. The van der Waals surface area contributed by atoms with Crippen LogP contribution in [0, 0.1) is 13.8 Å². The third-order valence-electron chi connectivity index (χ3n) is 3.02. The summed E-state index contributed by atoms with van der Waals surface area (Å²) >= 11 is 0. The molecule has 1 heterocycles. The van der Waals surface area contributed by atoms with Crippen molar-refractivity contribution in [3.63, 3.8) is 0 Å². The lowest BCUT2D eigenvalue weighted by Crippen LogP contribution is -2.08. The Morgan fingerprint density at radius 3 is 2.78 bits per heavy atom. The maximum absolute atomic E-state index is 6.03. The fraction of sp³-hybridized carbons (Fsp3) is 0.357. The summed E-state index contributed by atoms with van der Waals surface area (Å²) in [5.41, 5.74) is 10.2. The molecule has 0 aliphatic heterocycles. The number of rotatable bonds is 4. The van der Waals surface area contributed by atoms with Crippen LogP contribution in [0.4, 0.5) is 11.5 Å². The molecule has 2 aromatic rings. The zero-order valence-corrected chi connectivity index (χ0v) is 11.2. The molecule has 4 heteroatoms. The van der Waals surface area contributed by atoms with Gasteiger partial charge < -0.3 is 11.1 Å². The summed E-state index contributed by atoms with van der Waals surface area (Å²) in [6.45, 7) is 7.66. The highest BCUT2D eigenvalue weighted by atomic mass is 15.3. The van der Waals surface area contributed by atoms with Crippen LogP contribution in [-0.4, -0.2) is 9.78 Å². The van der Waals surface area contributed by atoms with E-state index in [0.717, 1.165) is 30.3 Å². The van der Waals surface area contributed by atoms with Crippen LogP contribution < -0.4 is 11.1 Å². The second-order valence-electron chi connectivity index (χ2n) is 4.51. The van der Waals surface area contributed by atoms with Gasteiger partial charge in [0.2, 0.25) is 0 Å². The Hall–Kier alpha value is -1.97. The normalized spacial score (nSPS) is 10.6. The van der Waals surface area contributed by atoms with Crippen LogP contribution >= 0.6 is 0 Å². The Labute approximate surface area is 108 Å². The van der Waals surface area contributed by atoms with Crippen LogP contribution in [0.15, 0.2) is 24.3 Å². The first-order chi connectivity index (χ1) is 8.61. The Balaban J connectivity index is 2.15. The van der Waals surface area contributed by atoms with E-state index in [1.165, 1.54) is 11.1 Å². The van der Waals surface area contributed by atoms with E-state index in [4.69, 9.17) is 5.73 Å². The van der Waals surface area contributed by atoms with Gasteiger partial charge in [-0.2, -0.15) is 5.10 Å². The average Bonchev–Trinajstić information content (AvgIpc) is 2.63. The van der Waals surface area contributed by atoms with Crippen molar-refractivity contribution in [2.24, 2.45) is 0 Å². The van der Waals surface area contributed by atoms with Gasteiger partial charge in [-0.25, -0.2) is 4.68 Å². The fourth-order valence-electron chi connectivity index (χ4n) is 2.02. The second-order valence-corrected chi connectivity index (χ2v) is 4.51. The first kappa shape index (κ1) is 12.5. The molecular weight excluding hydrogens is 224 g/mol. The van der Waals surface area contributed by atoms with Crippen molar-refractivity contribution in [1.82, 2.24) is 9.78 Å². The zero-order chi connectivity index (χ0) is 13.1. The number of hydrogen-bond acceptors (Lipinski definition) is 3. The van der Waals surface area contributed by atoms with Crippen LogP contribution in [0.25, 0.3) is 0 Å². The highest BCUT2D eigenvalue weighted by molar-refractivity contribution is 5.64. The molecule has 0 spiro atoms. The molecule has 1 aromatic carbocycles. The molecule has 96 valence electrons. The molecule has 0 atom stereocenters. The summed E-state index contributed by atoms with van der Waals surface area (Å²) in [6, 6.07) is 8.44. The number of benzene rings is 1. The third-order valence-corrected chi connectivity index (χ3v) is 3.02. The lowest BCUT2D eigenvalue weighted by atomic mass is 10.1. The van der Waals surface area contributed by atoms with E-state index < -0.39 is 0 Å². The molecule has 1 aromatic heterocycles. The number of aromatic nitrogens is 2. The molecule has 18 heavy (non-hydrogen) atoms. The maximum atomic E-state index is 6.03. The predicted octanol–water partition coefficient (Wildman–Crippen LogP) is 2.71. The lowest BCUT2D eigenvalue weighted by molar-refractivity contribution is 0.657. The first-order valence-electron chi connectivity index (χ1n) is 6.24. The molecule has 0 aliphatic carbocycles. The van der Waals surface area contributed by atoms with Gasteiger partial charge in [0, 0.05) is 13.1 Å². The minimum atomic E-state index is 0.740. The molecule has 0 radical (unpaired) electrons. The number of hydrogen-bond donors (Lipinski definition) is 2. The highest BCUT2D eigenvalue weighted by Crippen LogP contribution is 2.22.